The van der Waals surface area contributed by atoms with Gasteiger partial charge in [0.25, 0.3) is 0 Å². The van der Waals surface area contributed by atoms with Crippen LogP contribution < -0.4 is 4.74 Å². The zero-order chi connectivity index (χ0) is 18.6. The average molecular weight is 356 g/mol. The number of nitrogens with zero attached hydrogens (tertiary/aromatic N) is 1. The van der Waals surface area contributed by atoms with Crippen LogP contribution in [-0.4, -0.2) is 7.11 Å². The number of benzene rings is 1. The van der Waals surface area contributed by atoms with Crippen molar-refractivity contribution in [3.63, 3.8) is 0 Å². The highest BCUT2D eigenvalue weighted by molar-refractivity contribution is 5.46. The van der Waals surface area contributed by atoms with E-state index in [1.165, 1.54) is 89.0 Å². The minimum atomic E-state index is 0.628. The van der Waals surface area contributed by atoms with E-state index in [4.69, 9.17) is 4.74 Å². The first-order valence-electron chi connectivity index (χ1n) is 10.9. The van der Waals surface area contributed by atoms with Crippen LogP contribution in [0.2, 0.25) is 0 Å². The van der Waals surface area contributed by atoms with E-state index in [9.17, 15) is 5.26 Å². The number of unbranched alkanes of at least 4 members (excludes halogenated alkanes) is 7. The van der Waals surface area contributed by atoms with Gasteiger partial charge in [-0.1, -0.05) is 70.8 Å². The highest BCUT2D eigenvalue weighted by Crippen LogP contribution is 2.38. The summed E-state index contributed by atoms with van der Waals surface area (Å²) in [4.78, 5) is 0. The van der Waals surface area contributed by atoms with Crippen molar-refractivity contribution in [3.8, 4) is 11.8 Å². The summed E-state index contributed by atoms with van der Waals surface area (Å²) in [6.45, 7) is 2.28. The molecule has 0 N–H and O–H groups in total. The van der Waals surface area contributed by atoms with Gasteiger partial charge in [0, 0.05) is 0 Å². The smallest absolute Gasteiger partial charge is 0.136 e. The fourth-order valence-electron chi connectivity index (χ4n) is 4.42. The minimum Gasteiger partial charge on any atom is -0.495 e. The molecule has 0 bridgehead atoms. The summed E-state index contributed by atoms with van der Waals surface area (Å²) in [7, 11) is 1.63. The van der Waals surface area contributed by atoms with Crippen molar-refractivity contribution in [1.29, 1.82) is 5.26 Å². The first-order chi connectivity index (χ1) is 12.8. The molecule has 1 aliphatic carbocycles. The normalized spacial score (nSPS) is 19.9. The molecule has 1 aromatic rings. The summed E-state index contributed by atoms with van der Waals surface area (Å²) in [5.74, 6) is 2.25. The van der Waals surface area contributed by atoms with Gasteiger partial charge < -0.3 is 4.74 Å². The third-order valence-electron chi connectivity index (χ3n) is 6.13. The first kappa shape index (κ1) is 20.8. The quantitative estimate of drug-likeness (QED) is 0.388. The van der Waals surface area contributed by atoms with Crippen LogP contribution in [0.15, 0.2) is 18.2 Å². The van der Waals surface area contributed by atoms with E-state index in [1.807, 2.05) is 12.1 Å². The van der Waals surface area contributed by atoms with E-state index in [0.29, 0.717) is 17.2 Å². The molecular formula is C24H37NO. The van der Waals surface area contributed by atoms with Crippen LogP contribution in [0, 0.1) is 17.2 Å². The standard InChI is InChI=1S/C24H37NO/c1-3-4-5-6-7-8-9-10-11-20-12-14-21(15-13-20)22-16-17-24(26-2)23(18-22)19-25/h16-18,20-21H,3-15H2,1-2H3. The Kier molecular flexibility index (Phi) is 9.61. The molecule has 1 aliphatic rings. The van der Waals surface area contributed by atoms with Gasteiger partial charge in [-0.05, 0) is 55.2 Å². The molecule has 0 spiro atoms. The van der Waals surface area contributed by atoms with E-state index in [1.54, 1.807) is 7.11 Å². The molecule has 0 amide bonds. The SMILES string of the molecule is CCCCCCCCCCC1CCC(c2ccc(OC)c(C#N)c2)CC1. The maximum Gasteiger partial charge on any atom is 0.136 e. The molecule has 0 saturated heterocycles. The van der Waals surface area contributed by atoms with Gasteiger partial charge in [-0.25, -0.2) is 0 Å². The Balaban J connectivity index is 1.64. The van der Waals surface area contributed by atoms with Gasteiger partial charge >= 0.3 is 0 Å². The molecule has 0 heterocycles. The van der Waals surface area contributed by atoms with Gasteiger partial charge in [-0.2, -0.15) is 5.26 Å². The third-order valence-corrected chi connectivity index (χ3v) is 6.13. The van der Waals surface area contributed by atoms with Gasteiger partial charge in [-0.15, -0.1) is 0 Å². The number of ether oxygens (including phenoxy) is 1. The molecule has 1 saturated carbocycles. The molecule has 0 unspecified atom stereocenters. The summed E-state index contributed by atoms with van der Waals surface area (Å²) in [6.07, 6.45) is 18.0. The summed E-state index contributed by atoms with van der Waals surface area (Å²) < 4.78 is 5.26. The Morgan fingerprint density at radius 3 is 2.23 bits per heavy atom. The van der Waals surface area contributed by atoms with E-state index >= 15 is 0 Å². The second-order valence-electron chi connectivity index (χ2n) is 8.05. The van der Waals surface area contributed by atoms with E-state index < -0.39 is 0 Å². The Labute approximate surface area is 161 Å². The van der Waals surface area contributed by atoms with Gasteiger partial charge in [0.15, 0.2) is 0 Å². The van der Waals surface area contributed by atoms with Gasteiger partial charge in [0.1, 0.15) is 11.8 Å². The van der Waals surface area contributed by atoms with Crippen LogP contribution in [-0.2, 0) is 0 Å². The van der Waals surface area contributed by atoms with Crippen molar-refractivity contribution in [1.82, 2.24) is 0 Å². The fraction of sp³-hybridized carbons (Fsp3) is 0.708. The van der Waals surface area contributed by atoms with Crippen LogP contribution >= 0.6 is 0 Å². The second-order valence-corrected chi connectivity index (χ2v) is 8.05. The van der Waals surface area contributed by atoms with Crippen LogP contribution in [0.1, 0.15) is 107 Å². The summed E-state index contributed by atoms with van der Waals surface area (Å²) in [5, 5.41) is 9.29. The topological polar surface area (TPSA) is 33.0 Å². The van der Waals surface area contributed by atoms with Gasteiger partial charge in [-0.3, -0.25) is 0 Å². The summed E-state index contributed by atoms with van der Waals surface area (Å²) >= 11 is 0. The molecule has 2 nitrogen and oxygen atoms in total. The van der Waals surface area contributed by atoms with Crippen molar-refractivity contribution in [2.24, 2.45) is 5.92 Å². The Morgan fingerprint density at radius 2 is 1.62 bits per heavy atom. The average Bonchev–Trinajstić information content (AvgIpc) is 2.70. The van der Waals surface area contributed by atoms with Crippen LogP contribution in [0.4, 0.5) is 0 Å². The number of rotatable bonds is 11. The van der Waals surface area contributed by atoms with Crippen molar-refractivity contribution in [3.05, 3.63) is 29.3 Å². The molecule has 0 aromatic heterocycles. The van der Waals surface area contributed by atoms with Gasteiger partial charge in [0.2, 0.25) is 0 Å². The van der Waals surface area contributed by atoms with Crippen molar-refractivity contribution in [2.75, 3.05) is 7.11 Å². The number of hydrogen-bond acceptors (Lipinski definition) is 2. The van der Waals surface area contributed by atoms with Crippen molar-refractivity contribution >= 4 is 0 Å². The lowest BCUT2D eigenvalue weighted by molar-refractivity contribution is 0.301. The molecular weight excluding hydrogens is 318 g/mol. The molecule has 0 aliphatic heterocycles. The highest BCUT2D eigenvalue weighted by atomic mass is 16.5. The zero-order valence-electron chi connectivity index (χ0n) is 16.9. The van der Waals surface area contributed by atoms with Crippen molar-refractivity contribution in [2.45, 2.75) is 96.3 Å². The van der Waals surface area contributed by atoms with E-state index in [-0.39, 0.29) is 0 Å². The van der Waals surface area contributed by atoms with Crippen LogP contribution in [0.25, 0.3) is 0 Å². The predicted molar refractivity (Wildman–Crippen MR) is 110 cm³/mol. The molecule has 1 aromatic carbocycles. The van der Waals surface area contributed by atoms with Gasteiger partial charge in [0.05, 0.1) is 12.7 Å². The summed E-state index contributed by atoms with van der Waals surface area (Å²) in [5.41, 5.74) is 2.00. The molecule has 26 heavy (non-hydrogen) atoms. The van der Waals surface area contributed by atoms with Crippen molar-refractivity contribution < 1.29 is 4.74 Å². The predicted octanol–water partition coefficient (Wildman–Crippen LogP) is 7.37. The molecule has 1 fully saturated rings. The molecule has 0 atom stereocenters. The molecule has 2 heteroatoms. The molecule has 0 radical (unpaired) electrons. The maximum absolute atomic E-state index is 9.29. The number of methoxy groups -OCH3 is 1. The van der Waals surface area contributed by atoms with E-state index in [2.05, 4.69) is 19.1 Å². The largest absolute Gasteiger partial charge is 0.495 e. The molecule has 2 rings (SSSR count). The van der Waals surface area contributed by atoms with Crippen LogP contribution in [0.5, 0.6) is 5.75 Å². The minimum absolute atomic E-state index is 0.628. The summed E-state index contributed by atoms with van der Waals surface area (Å²) in [6, 6.07) is 8.42. The molecule has 144 valence electrons. The Hall–Kier alpha value is -1.49. The lowest BCUT2D eigenvalue weighted by atomic mass is 9.77. The maximum atomic E-state index is 9.29. The second kappa shape index (κ2) is 12.0. The lowest BCUT2D eigenvalue weighted by Crippen LogP contribution is -2.13. The van der Waals surface area contributed by atoms with Crippen LogP contribution in [0.3, 0.4) is 0 Å². The number of hydrogen-bond donors (Lipinski definition) is 0. The zero-order valence-corrected chi connectivity index (χ0v) is 16.9. The Bertz CT molecular complexity index is 552. The third kappa shape index (κ3) is 6.67. The van der Waals surface area contributed by atoms with E-state index in [0.717, 1.165) is 5.92 Å². The lowest BCUT2D eigenvalue weighted by Gasteiger charge is -2.29. The number of nitriles is 1. The monoisotopic (exact) mass is 355 g/mol. The fourth-order valence-corrected chi connectivity index (χ4v) is 4.42. The Morgan fingerprint density at radius 1 is 0.962 bits per heavy atom. The first-order valence-corrected chi connectivity index (χ1v) is 10.9. The highest BCUT2D eigenvalue weighted by Gasteiger charge is 2.22.